The second-order valence-corrected chi connectivity index (χ2v) is 5.13. The highest BCUT2D eigenvalue weighted by atomic mass is 32.1. The molecule has 0 aliphatic rings. The zero-order chi connectivity index (χ0) is 14.4. The maximum Gasteiger partial charge on any atom is 0.314 e. The standard InChI is InChI=1S/C12H16N4O3S/c1-8-15-11(19-16-8)4-5-13-12(18)14-7-9(17)10-3-2-6-20-10/h2-3,6,9,17H,4-5,7H2,1H3,(H2,13,14,18)/t9-/m0/s1. The molecule has 0 aliphatic heterocycles. The summed E-state index contributed by atoms with van der Waals surface area (Å²) in [5.41, 5.74) is 0. The number of thiophene rings is 1. The third-order valence-corrected chi connectivity index (χ3v) is 3.50. The number of hydrogen-bond donors (Lipinski definition) is 3. The maximum atomic E-state index is 11.5. The number of hydrogen-bond acceptors (Lipinski definition) is 6. The molecule has 0 radical (unpaired) electrons. The zero-order valence-electron chi connectivity index (χ0n) is 11.0. The van der Waals surface area contributed by atoms with Gasteiger partial charge in [-0.1, -0.05) is 11.2 Å². The zero-order valence-corrected chi connectivity index (χ0v) is 11.8. The lowest BCUT2D eigenvalue weighted by molar-refractivity contribution is 0.176. The fraction of sp³-hybridized carbons (Fsp3) is 0.417. The van der Waals surface area contributed by atoms with Gasteiger partial charge in [0.15, 0.2) is 5.82 Å². The van der Waals surface area contributed by atoms with Crippen LogP contribution in [0, 0.1) is 6.92 Å². The summed E-state index contributed by atoms with van der Waals surface area (Å²) in [4.78, 5) is 16.4. The van der Waals surface area contributed by atoms with Gasteiger partial charge in [-0.3, -0.25) is 0 Å². The van der Waals surface area contributed by atoms with E-state index in [9.17, 15) is 9.90 Å². The van der Waals surface area contributed by atoms with Crippen molar-refractivity contribution in [1.29, 1.82) is 0 Å². The lowest BCUT2D eigenvalue weighted by Crippen LogP contribution is -2.38. The molecule has 0 fully saturated rings. The van der Waals surface area contributed by atoms with Gasteiger partial charge in [0.1, 0.15) is 6.10 Å². The van der Waals surface area contributed by atoms with E-state index in [2.05, 4.69) is 20.8 Å². The minimum atomic E-state index is -0.681. The van der Waals surface area contributed by atoms with Gasteiger partial charge in [-0.05, 0) is 18.4 Å². The van der Waals surface area contributed by atoms with Crippen LogP contribution in [0.15, 0.2) is 22.0 Å². The number of aryl methyl sites for hydroxylation is 1. The lowest BCUT2D eigenvalue weighted by Gasteiger charge is -2.10. The number of aliphatic hydroxyl groups is 1. The second kappa shape index (κ2) is 7.01. The highest BCUT2D eigenvalue weighted by molar-refractivity contribution is 7.10. The number of rotatable bonds is 6. The van der Waals surface area contributed by atoms with Crippen molar-refractivity contribution in [3.63, 3.8) is 0 Å². The molecule has 0 unspecified atom stereocenters. The predicted octanol–water partition coefficient (Wildman–Crippen LogP) is 1.01. The fourth-order valence-corrected chi connectivity index (χ4v) is 2.27. The van der Waals surface area contributed by atoms with E-state index in [0.717, 1.165) is 4.88 Å². The van der Waals surface area contributed by atoms with Crippen LogP contribution in [0.2, 0.25) is 0 Å². The molecule has 0 aromatic carbocycles. The minimum absolute atomic E-state index is 0.173. The normalized spacial score (nSPS) is 12.1. The lowest BCUT2D eigenvalue weighted by atomic mass is 10.3. The Morgan fingerprint density at radius 2 is 2.40 bits per heavy atom. The molecule has 108 valence electrons. The first-order valence-electron chi connectivity index (χ1n) is 6.17. The van der Waals surface area contributed by atoms with Crippen LogP contribution < -0.4 is 10.6 Å². The first-order chi connectivity index (χ1) is 9.65. The summed E-state index contributed by atoms with van der Waals surface area (Å²) in [6.45, 7) is 2.30. The molecular weight excluding hydrogens is 280 g/mol. The Labute approximate surface area is 120 Å². The molecule has 7 nitrogen and oxygen atoms in total. The van der Waals surface area contributed by atoms with Crippen molar-refractivity contribution in [1.82, 2.24) is 20.8 Å². The molecule has 0 aliphatic carbocycles. The van der Waals surface area contributed by atoms with Gasteiger partial charge in [0.05, 0.1) is 6.54 Å². The van der Waals surface area contributed by atoms with Crippen molar-refractivity contribution < 1.29 is 14.4 Å². The van der Waals surface area contributed by atoms with Crippen molar-refractivity contribution in [3.8, 4) is 0 Å². The maximum absolute atomic E-state index is 11.5. The number of carbonyl (C=O) groups is 1. The number of aliphatic hydroxyl groups excluding tert-OH is 1. The Bertz CT molecular complexity index is 541. The van der Waals surface area contributed by atoms with Crippen LogP contribution in [0.25, 0.3) is 0 Å². The number of amides is 2. The fourth-order valence-electron chi connectivity index (χ4n) is 1.56. The average Bonchev–Trinajstić information content (AvgIpc) is 3.07. The summed E-state index contributed by atoms with van der Waals surface area (Å²) < 4.78 is 4.92. The Balaban J connectivity index is 1.63. The van der Waals surface area contributed by atoms with E-state index < -0.39 is 6.10 Å². The summed E-state index contributed by atoms with van der Waals surface area (Å²) in [5, 5.41) is 20.6. The molecule has 0 spiro atoms. The molecule has 2 rings (SSSR count). The van der Waals surface area contributed by atoms with Crippen molar-refractivity contribution in [2.45, 2.75) is 19.4 Å². The number of aromatic nitrogens is 2. The molecule has 0 saturated carbocycles. The summed E-state index contributed by atoms with van der Waals surface area (Å²) in [5.74, 6) is 1.06. The number of carbonyl (C=O) groups excluding carboxylic acids is 1. The number of nitrogens with one attached hydrogen (secondary N) is 2. The molecule has 1 atom stereocenters. The molecule has 2 heterocycles. The van der Waals surface area contributed by atoms with Crippen LogP contribution in [0.4, 0.5) is 4.79 Å². The van der Waals surface area contributed by atoms with Crippen molar-refractivity contribution >= 4 is 17.4 Å². The Hall–Kier alpha value is -1.93. The molecule has 2 aromatic rings. The molecular formula is C12H16N4O3S. The van der Waals surface area contributed by atoms with Crippen LogP contribution in [0.5, 0.6) is 0 Å². The first kappa shape index (κ1) is 14.5. The molecule has 0 bridgehead atoms. The third kappa shape index (κ3) is 4.32. The van der Waals surface area contributed by atoms with Gasteiger partial charge in [0.2, 0.25) is 5.89 Å². The molecule has 20 heavy (non-hydrogen) atoms. The summed E-state index contributed by atoms with van der Waals surface area (Å²) in [7, 11) is 0. The van der Waals surface area contributed by atoms with E-state index >= 15 is 0 Å². The Kier molecular flexibility index (Phi) is 5.08. The Morgan fingerprint density at radius 1 is 1.55 bits per heavy atom. The largest absolute Gasteiger partial charge is 0.386 e. The smallest absolute Gasteiger partial charge is 0.314 e. The Morgan fingerprint density at radius 3 is 3.05 bits per heavy atom. The van der Waals surface area contributed by atoms with Gasteiger partial charge < -0.3 is 20.3 Å². The van der Waals surface area contributed by atoms with E-state index in [1.165, 1.54) is 11.3 Å². The van der Waals surface area contributed by atoms with E-state index in [-0.39, 0.29) is 12.6 Å². The van der Waals surface area contributed by atoms with Crippen molar-refractivity contribution in [2.24, 2.45) is 0 Å². The summed E-state index contributed by atoms with van der Waals surface area (Å²) in [6, 6.07) is 3.35. The van der Waals surface area contributed by atoms with Crippen LogP contribution >= 0.6 is 11.3 Å². The van der Waals surface area contributed by atoms with E-state index in [1.54, 1.807) is 6.92 Å². The van der Waals surface area contributed by atoms with Gasteiger partial charge in [-0.15, -0.1) is 11.3 Å². The topological polar surface area (TPSA) is 100 Å². The molecule has 0 saturated heterocycles. The van der Waals surface area contributed by atoms with Gasteiger partial charge in [0, 0.05) is 17.8 Å². The van der Waals surface area contributed by atoms with E-state index in [1.807, 2.05) is 17.5 Å². The molecule has 3 N–H and O–H groups in total. The monoisotopic (exact) mass is 296 g/mol. The number of nitrogens with zero attached hydrogens (tertiary/aromatic N) is 2. The average molecular weight is 296 g/mol. The summed E-state index contributed by atoms with van der Waals surface area (Å²) in [6.07, 6.45) is -0.207. The predicted molar refractivity (Wildman–Crippen MR) is 73.4 cm³/mol. The van der Waals surface area contributed by atoms with Crippen molar-refractivity contribution in [3.05, 3.63) is 34.1 Å². The molecule has 8 heteroatoms. The van der Waals surface area contributed by atoms with Gasteiger partial charge in [-0.2, -0.15) is 4.98 Å². The highest BCUT2D eigenvalue weighted by Crippen LogP contribution is 2.17. The quantitative estimate of drug-likeness (QED) is 0.739. The molecule has 2 amide bonds. The van der Waals surface area contributed by atoms with Gasteiger partial charge >= 0.3 is 6.03 Å². The number of urea groups is 1. The van der Waals surface area contributed by atoms with E-state index in [4.69, 9.17) is 4.52 Å². The third-order valence-electron chi connectivity index (χ3n) is 2.52. The van der Waals surface area contributed by atoms with Gasteiger partial charge in [0.25, 0.3) is 0 Å². The van der Waals surface area contributed by atoms with Crippen LogP contribution in [-0.4, -0.2) is 34.4 Å². The second-order valence-electron chi connectivity index (χ2n) is 4.15. The van der Waals surface area contributed by atoms with Gasteiger partial charge in [-0.25, -0.2) is 4.79 Å². The van der Waals surface area contributed by atoms with E-state index in [0.29, 0.717) is 24.7 Å². The van der Waals surface area contributed by atoms with Crippen LogP contribution in [0.1, 0.15) is 22.7 Å². The molecule has 2 aromatic heterocycles. The van der Waals surface area contributed by atoms with Crippen molar-refractivity contribution in [2.75, 3.05) is 13.1 Å². The van der Waals surface area contributed by atoms with Crippen LogP contribution in [0.3, 0.4) is 0 Å². The highest BCUT2D eigenvalue weighted by Gasteiger charge is 2.10. The first-order valence-corrected chi connectivity index (χ1v) is 7.05. The van der Waals surface area contributed by atoms with Crippen LogP contribution in [-0.2, 0) is 6.42 Å². The minimum Gasteiger partial charge on any atom is -0.386 e. The SMILES string of the molecule is Cc1noc(CCNC(=O)NC[C@H](O)c2cccs2)n1. The summed E-state index contributed by atoms with van der Waals surface area (Å²) >= 11 is 1.45.